The number of hydrogen-bond acceptors (Lipinski definition) is 5. The van der Waals surface area contributed by atoms with E-state index in [0.717, 1.165) is 31.5 Å². The molecular weight excluding hydrogens is 553 g/mol. The number of oxime groups is 1. The van der Waals surface area contributed by atoms with Gasteiger partial charge in [-0.15, -0.1) is 0 Å². The van der Waals surface area contributed by atoms with Crippen LogP contribution in [0.1, 0.15) is 76.7 Å². The summed E-state index contributed by atoms with van der Waals surface area (Å²) in [7, 11) is 1.41. The third-order valence-electron chi connectivity index (χ3n) is 11.4. The maximum Gasteiger partial charge on any atom is 0.457 e. The number of carbonyl (C=O) groups excluding carboxylic acids is 1. The summed E-state index contributed by atoms with van der Waals surface area (Å²) in [4.78, 5) is 16.2. The highest BCUT2D eigenvalue weighted by Crippen LogP contribution is 2.70. The molecule has 1 unspecified atom stereocenters. The summed E-state index contributed by atoms with van der Waals surface area (Å²) in [5.74, 6) is 4.06. The second kappa shape index (κ2) is 11.1. The third kappa shape index (κ3) is 5.02. The van der Waals surface area contributed by atoms with E-state index in [4.69, 9.17) is 4.74 Å². The molecule has 1 heterocycles. The van der Waals surface area contributed by atoms with Gasteiger partial charge in [-0.25, -0.2) is 0 Å². The monoisotopic (exact) mass is 594 g/mol. The van der Waals surface area contributed by atoms with Gasteiger partial charge >= 0.3 is 6.18 Å². The summed E-state index contributed by atoms with van der Waals surface area (Å²) in [5.41, 5.74) is 4.71. The van der Waals surface area contributed by atoms with Crippen molar-refractivity contribution in [2.24, 2.45) is 33.7 Å². The van der Waals surface area contributed by atoms with Crippen molar-refractivity contribution in [3.8, 4) is 11.8 Å². The van der Waals surface area contributed by atoms with Gasteiger partial charge in [0.15, 0.2) is 5.78 Å². The lowest BCUT2D eigenvalue weighted by atomic mass is 9.47. The summed E-state index contributed by atoms with van der Waals surface area (Å²) in [6, 6.07) is 8.73. The number of ether oxygens (including phenoxy) is 1. The summed E-state index contributed by atoms with van der Waals surface area (Å²) < 4.78 is 46.0. The van der Waals surface area contributed by atoms with Gasteiger partial charge in [0.25, 0.3) is 0 Å². The van der Waals surface area contributed by atoms with Crippen LogP contribution in [-0.4, -0.2) is 49.7 Å². The molecule has 0 amide bonds. The number of halogens is 3. The van der Waals surface area contributed by atoms with Crippen LogP contribution in [0.4, 0.5) is 18.9 Å². The van der Waals surface area contributed by atoms with Gasteiger partial charge in [-0.1, -0.05) is 42.6 Å². The minimum absolute atomic E-state index is 0.0235. The van der Waals surface area contributed by atoms with Crippen LogP contribution >= 0.6 is 0 Å². The summed E-state index contributed by atoms with van der Waals surface area (Å²) >= 11 is 0. The molecule has 0 radical (unpaired) electrons. The predicted octanol–water partition coefficient (Wildman–Crippen LogP) is 7.46. The Morgan fingerprint density at radius 2 is 1.91 bits per heavy atom. The fraction of sp³-hybridized carbons (Fsp3) is 0.600. The van der Waals surface area contributed by atoms with Gasteiger partial charge in [0.05, 0.1) is 11.1 Å². The van der Waals surface area contributed by atoms with Gasteiger partial charge in [0, 0.05) is 37.7 Å². The van der Waals surface area contributed by atoms with E-state index in [-0.39, 0.29) is 36.1 Å². The average molecular weight is 595 g/mol. The molecular formula is C35H41F3N2O3. The number of anilines is 1. The molecule has 230 valence electrons. The van der Waals surface area contributed by atoms with E-state index in [1.807, 2.05) is 13.0 Å². The minimum Gasteiger partial charge on any atom is -0.411 e. The smallest absolute Gasteiger partial charge is 0.411 e. The van der Waals surface area contributed by atoms with Gasteiger partial charge < -0.3 is 14.8 Å². The Bertz CT molecular complexity index is 1430. The first-order valence-corrected chi connectivity index (χ1v) is 15.7. The van der Waals surface area contributed by atoms with Gasteiger partial charge in [-0.3, -0.25) is 4.79 Å². The molecule has 5 nitrogen and oxygen atoms in total. The number of ketones is 1. The van der Waals surface area contributed by atoms with Crippen molar-refractivity contribution in [2.75, 3.05) is 31.7 Å². The number of carbonyl (C=O) groups is 1. The van der Waals surface area contributed by atoms with E-state index in [1.165, 1.54) is 42.4 Å². The lowest BCUT2D eigenvalue weighted by Crippen LogP contribution is -2.52. The molecule has 2 saturated carbocycles. The first-order valence-electron chi connectivity index (χ1n) is 15.7. The summed E-state index contributed by atoms with van der Waals surface area (Å²) in [6.45, 7) is 6.06. The van der Waals surface area contributed by atoms with Crippen molar-refractivity contribution >= 4 is 17.2 Å². The lowest BCUT2D eigenvalue weighted by Gasteiger charge is -2.55. The van der Waals surface area contributed by atoms with Crippen LogP contribution in [0.5, 0.6) is 0 Å². The zero-order valence-electron chi connectivity index (χ0n) is 25.3. The molecule has 1 saturated heterocycles. The third-order valence-corrected chi connectivity index (χ3v) is 11.4. The second-order valence-corrected chi connectivity index (χ2v) is 13.5. The molecule has 0 aromatic heterocycles. The first-order chi connectivity index (χ1) is 20.5. The molecule has 1 aromatic rings. The van der Waals surface area contributed by atoms with Crippen LogP contribution in [0, 0.1) is 40.4 Å². The van der Waals surface area contributed by atoms with Gasteiger partial charge in [0.1, 0.15) is 6.61 Å². The molecule has 0 spiro atoms. The van der Waals surface area contributed by atoms with Crippen molar-refractivity contribution in [3.05, 3.63) is 52.6 Å². The normalized spacial score (nSPS) is 34.7. The van der Waals surface area contributed by atoms with Crippen LogP contribution in [0.2, 0.25) is 0 Å². The number of alkyl halides is 3. The fourth-order valence-corrected chi connectivity index (χ4v) is 9.43. The minimum atomic E-state index is -4.69. The first kappa shape index (κ1) is 30.0. The largest absolute Gasteiger partial charge is 0.457 e. The van der Waals surface area contributed by atoms with Gasteiger partial charge in [0.2, 0.25) is 0 Å². The Balaban J connectivity index is 1.52. The number of hydrogen-bond donors (Lipinski definition) is 1. The van der Waals surface area contributed by atoms with E-state index in [1.54, 1.807) is 5.92 Å². The Morgan fingerprint density at radius 3 is 2.56 bits per heavy atom. The summed E-state index contributed by atoms with van der Waals surface area (Å²) in [6.07, 6.45) is 3.47. The van der Waals surface area contributed by atoms with E-state index in [9.17, 15) is 23.2 Å². The van der Waals surface area contributed by atoms with E-state index >= 15 is 0 Å². The maximum absolute atomic E-state index is 13.8. The van der Waals surface area contributed by atoms with E-state index in [2.05, 4.69) is 47.2 Å². The molecule has 1 aromatic carbocycles. The van der Waals surface area contributed by atoms with Crippen LogP contribution in [0.25, 0.3) is 0 Å². The Labute approximate surface area is 252 Å². The SMILES string of the molecule is COCC(=O)[C@@]1(C#CC(F)(F)F)CC[C@H]2[C@@H]3CC(C)C4=CC(=NO)CCC4=C3[C@@H](c3ccc(N4CCCC4)cc3)C[C@@]21C. The van der Waals surface area contributed by atoms with Crippen molar-refractivity contribution in [2.45, 2.75) is 77.3 Å². The zero-order valence-corrected chi connectivity index (χ0v) is 25.3. The number of fused-ring (bicyclic) bond motifs is 4. The number of allylic oxidation sites excluding steroid dienone is 4. The maximum atomic E-state index is 13.8. The molecule has 1 aliphatic heterocycles. The van der Waals surface area contributed by atoms with Crippen LogP contribution in [0.3, 0.4) is 0 Å². The van der Waals surface area contributed by atoms with E-state index in [0.29, 0.717) is 31.4 Å². The van der Waals surface area contributed by atoms with E-state index < -0.39 is 17.0 Å². The molecule has 43 heavy (non-hydrogen) atoms. The number of Topliss-reactive ketones (excluding diaryl/α,β-unsaturated/α-hetero) is 1. The highest BCUT2D eigenvalue weighted by Gasteiger charge is 2.66. The van der Waals surface area contributed by atoms with Crippen molar-refractivity contribution in [1.82, 2.24) is 0 Å². The molecule has 0 bridgehead atoms. The molecule has 8 heteroatoms. The summed E-state index contributed by atoms with van der Waals surface area (Å²) in [5, 5.41) is 13.1. The van der Waals surface area contributed by atoms with Crippen LogP contribution in [-0.2, 0) is 9.53 Å². The number of rotatable bonds is 5. The van der Waals surface area contributed by atoms with Crippen molar-refractivity contribution < 1.29 is 27.9 Å². The van der Waals surface area contributed by atoms with Gasteiger partial charge in [-0.05, 0) is 109 Å². The Kier molecular flexibility index (Phi) is 7.77. The number of methoxy groups -OCH3 is 1. The molecule has 4 aliphatic carbocycles. The zero-order chi connectivity index (χ0) is 30.6. The second-order valence-electron chi connectivity index (χ2n) is 13.5. The van der Waals surface area contributed by atoms with Crippen LogP contribution in [0.15, 0.2) is 52.2 Å². The van der Waals surface area contributed by atoms with Crippen molar-refractivity contribution in [3.63, 3.8) is 0 Å². The predicted molar refractivity (Wildman–Crippen MR) is 160 cm³/mol. The standard InChI is InChI=1S/C35H41F3N2O3/c1-22-18-28-30-12-13-34(31(41)21-43-3,14-15-35(36,37)38)33(30,2)20-29(32(28)26-11-8-24(39-42)19-27(22)26)23-6-9-25(10-7-23)40-16-4-5-17-40/h6-7,9-10,19,22,28-30,42H,4-5,8,11-13,16-18,20-21H2,1-3H3/t22?,28-,29+,30-,33-,34-/m0/s1. The van der Waals surface area contributed by atoms with Crippen LogP contribution < -0.4 is 4.90 Å². The van der Waals surface area contributed by atoms with Crippen molar-refractivity contribution in [1.29, 1.82) is 0 Å². The highest BCUT2D eigenvalue weighted by molar-refractivity contribution is 5.97. The fourth-order valence-electron chi connectivity index (χ4n) is 9.43. The Morgan fingerprint density at radius 1 is 1.19 bits per heavy atom. The topological polar surface area (TPSA) is 62.1 Å². The number of nitrogens with zero attached hydrogens (tertiary/aromatic N) is 2. The van der Waals surface area contributed by atoms with Gasteiger partial charge in [-0.2, -0.15) is 13.2 Å². The molecule has 6 rings (SSSR count). The highest BCUT2D eigenvalue weighted by atomic mass is 19.4. The number of benzene rings is 1. The lowest BCUT2D eigenvalue weighted by molar-refractivity contribution is -0.136. The quantitative estimate of drug-likeness (QED) is 0.218. The Hall–Kier alpha value is -3.05. The molecule has 6 atom stereocenters. The average Bonchev–Trinajstić information content (AvgIpc) is 3.62. The molecule has 1 N–H and O–H groups in total. The molecule has 5 aliphatic rings. The molecule has 3 fully saturated rings.